The van der Waals surface area contributed by atoms with E-state index in [4.69, 9.17) is 9.47 Å². The Hall–Kier alpha value is -2.61. The summed E-state index contributed by atoms with van der Waals surface area (Å²) in [7, 11) is 3.78. The standard InChI is InChI=1S/C20H27N5O3/c1-24(2)19(14-8-9-16-17(10-14)28-13-27-16)20(26)21-11-18-23-22-12-25(18)15-6-4-3-5-7-15/h8-10,12,15,19H,3-7,11,13H2,1-2H3,(H,21,26)/t19-/m1/s1. The highest BCUT2D eigenvalue weighted by molar-refractivity contribution is 5.83. The van der Waals surface area contributed by atoms with Gasteiger partial charge in [-0.15, -0.1) is 10.2 Å². The largest absolute Gasteiger partial charge is 0.454 e. The molecular weight excluding hydrogens is 358 g/mol. The molecule has 0 unspecified atom stereocenters. The van der Waals surface area contributed by atoms with Gasteiger partial charge in [-0.1, -0.05) is 25.3 Å². The van der Waals surface area contributed by atoms with E-state index in [0.717, 1.165) is 24.2 Å². The molecule has 8 heteroatoms. The molecule has 1 atom stereocenters. The second kappa shape index (κ2) is 8.18. The highest BCUT2D eigenvalue weighted by Gasteiger charge is 2.26. The van der Waals surface area contributed by atoms with Crippen molar-refractivity contribution >= 4 is 5.91 Å². The zero-order valence-corrected chi connectivity index (χ0v) is 16.4. The lowest BCUT2D eigenvalue weighted by atomic mass is 9.95. The second-order valence-corrected chi connectivity index (χ2v) is 7.64. The van der Waals surface area contributed by atoms with Crippen molar-refractivity contribution in [2.45, 2.75) is 50.7 Å². The summed E-state index contributed by atoms with van der Waals surface area (Å²) in [5.41, 5.74) is 0.862. The number of amides is 1. The fourth-order valence-electron chi connectivity index (χ4n) is 4.09. The quantitative estimate of drug-likeness (QED) is 0.823. The topological polar surface area (TPSA) is 81.5 Å². The van der Waals surface area contributed by atoms with E-state index < -0.39 is 6.04 Å². The third-order valence-corrected chi connectivity index (χ3v) is 5.51. The Morgan fingerprint density at radius 1 is 1.25 bits per heavy atom. The van der Waals surface area contributed by atoms with Crippen molar-refractivity contribution in [3.05, 3.63) is 35.9 Å². The van der Waals surface area contributed by atoms with Crippen LogP contribution >= 0.6 is 0 Å². The van der Waals surface area contributed by atoms with Gasteiger partial charge >= 0.3 is 0 Å². The molecule has 1 saturated carbocycles. The first-order valence-electron chi connectivity index (χ1n) is 9.85. The maximum atomic E-state index is 13.0. The molecule has 1 aliphatic heterocycles. The Balaban J connectivity index is 1.45. The minimum Gasteiger partial charge on any atom is -0.454 e. The van der Waals surface area contributed by atoms with Crippen LogP contribution in [0.15, 0.2) is 24.5 Å². The van der Waals surface area contributed by atoms with E-state index >= 15 is 0 Å². The summed E-state index contributed by atoms with van der Waals surface area (Å²) in [5, 5.41) is 11.3. The molecule has 2 aromatic rings. The molecule has 28 heavy (non-hydrogen) atoms. The smallest absolute Gasteiger partial charge is 0.242 e. The first-order chi connectivity index (χ1) is 13.6. The first-order valence-corrected chi connectivity index (χ1v) is 9.85. The maximum Gasteiger partial charge on any atom is 0.242 e. The molecule has 1 aliphatic carbocycles. The van der Waals surface area contributed by atoms with Crippen molar-refractivity contribution in [2.75, 3.05) is 20.9 Å². The summed E-state index contributed by atoms with van der Waals surface area (Å²) < 4.78 is 13.0. The van der Waals surface area contributed by atoms with Gasteiger partial charge in [-0.25, -0.2) is 0 Å². The summed E-state index contributed by atoms with van der Waals surface area (Å²) in [6.07, 6.45) is 7.86. The predicted molar refractivity (Wildman–Crippen MR) is 103 cm³/mol. The van der Waals surface area contributed by atoms with Crippen LogP contribution in [0.1, 0.15) is 55.6 Å². The minimum absolute atomic E-state index is 0.0814. The number of aromatic nitrogens is 3. The average Bonchev–Trinajstić information content (AvgIpc) is 3.35. The highest BCUT2D eigenvalue weighted by Crippen LogP contribution is 2.35. The van der Waals surface area contributed by atoms with Gasteiger partial charge in [0, 0.05) is 6.04 Å². The van der Waals surface area contributed by atoms with Gasteiger partial charge in [0.05, 0.1) is 6.54 Å². The number of rotatable bonds is 6. The SMILES string of the molecule is CN(C)[C@@H](C(=O)NCc1nncn1C1CCCCC1)c1ccc2c(c1)OCO2. The van der Waals surface area contributed by atoms with Gasteiger partial charge in [-0.2, -0.15) is 0 Å². The number of hydrogen-bond acceptors (Lipinski definition) is 6. The van der Waals surface area contributed by atoms with E-state index in [0.29, 0.717) is 24.1 Å². The van der Waals surface area contributed by atoms with E-state index in [1.807, 2.05) is 37.2 Å². The van der Waals surface area contributed by atoms with Crippen molar-refractivity contribution in [3.8, 4) is 11.5 Å². The zero-order chi connectivity index (χ0) is 19.5. The monoisotopic (exact) mass is 385 g/mol. The number of carbonyl (C=O) groups is 1. The third-order valence-electron chi connectivity index (χ3n) is 5.51. The number of nitrogens with one attached hydrogen (secondary N) is 1. The van der Waals surface area contributed by atoms with Gasteiger partial charge in [0.2, 0.25) is 12.7 Å². The number of fused-ring (bicyclic) bond motifs is 1. The molecule has 1 fully saturated rings. The van der Waals surface area contributed by atoms with Crippen LogP contribution in [0.5, 0.6) is 11.5 Å². The number of ether oxygens (including phenoxy) is 2. The van der Waals surface area contributed by atoms with Crippen LogP contribution < -0.4 is 14.8 Å². The summed E-state index contributed by atoms with van der Waals surface area (Å²) in [4.78, 5) is 14.9. The second-order valence-electron chi connectivity index (χ2n) is 7.64. The van der Waals surface area contributed by atoms with Crippen molar-refractivity contribution in [3.63, 3.8) is 0 Å². The van der Waals surface area contributed by atoms with Gasteiger partial charge < -0.3 is 19.4 Å². The zero-order valence-electron chi connectivity index (χ0n) is 16.4. The molecule has 1 N–H and O–H groups in total. The molecule has 4 rings (SSSR count). The predicted octanol–water partition coefficient (Wildman–Crippen LogP) is 2.43. The Labute approximate surface area is 164 Å². The van der Waals surface area contributed by atoms with E-state index in [-0.39, 0.29) is 12.7 Å². The van der Waals surface area contributed by atoms with Gasteiger partial charge in [-0.05, 0) is 44.6 Å². The van der Waals surface area contributed by atoms with E-state index in [2.05, 4.69) is 20.1 Å². The highest BCUT2D eigenvalue weighted by atomic mass is 16.7. The van der Waals surface area contributed by atoms with Crippen molar-refractivity contribution in [1.29, 1.82) is 0 Å². The molecule has 1 aromatic heterocycles. The molecule has 150 valence electrons. The third kappa shape index (κ3) is 3.82. The Morgan fingerprint density at radius 2 is 2.04 bits per heavy atom. The van der Waals surface area contributed by atoms with Gasteiger partial charge in [0.15, 0.2) is 17.3 Å². The molecule has 0 saturated heterocycles. The number of hydrogen-bond donors (Lipinski definition) is 1. The Bertz CT molecular complexity index is 829. The Morgan fingerprint density at radius 3 is 2.82 bits per heavy atom. The molecule has 8 nitrogen and oxygen atoms in total. The lowest BCUT2D eigenvalue weighted by Gasteiger charge is -2.25. The van der Waals surface area contributed by atoms with Gasteiger partial charge in [0.1, 0.15) is 12.4 Å². The van der Waals surface area contributed by atoms with Crippen LogP contribution in [0.25, 0.3) is 0 Å². The van der Waals surface area contributed by atoms with Crippen molar-refractivity contribution < 1.29 is 14.3 Å². The van der Waals surface area contributed by atoms with Crippen LogP contribution in [0.3, 0.4) is 0 Å². The molecule has 0 radical (unpaired) electrons. The minimum atomic E-state index is -0.430. The molecule has 1 aromatic carbocycles. The van der Waals surface area contributed by atoms with Gasteiger partial charge in [0.25, 0.3) is 0 Å². The molecular formula is C20H27N5O3. The van der Waals surface area contributed by atoms with Gasteiger partial charge in [-0.3, -0.25) is 9.69 Å². The van der Waals surface area contributed by atoms with Crippen LogP contribution in [0.4, 0.5) is 0 Å². The normalized spacial score (nSPS) is 17.7. The number of benzene rings is 1. The van der Waals surface area contributed by atoms with Crippen LogP contribution in [0.2, 0.25) is 0 Å². The molecule has 0 spiro atoms. The summed E-state index contributed by atoms with van der Waals surface area (Å²) in [6, 6.07) is 5.63. The van der Waals surface area contributed by atoms with E-state index in [1.54, 1.807) is 6.33 Å². The summed E-state index contributed by atoms with van der Waals surface area (Å²) >= 11 is 0. The summed E-state index contributed by atoms with van der Waals surface area (Å²) in [6.45, 7) is 0.582. The molecule has 1 amide bonds. The fraction of sp³-hybridized carbons (Fsp3) is 0.550. The van der Waals surface area contributed by atoms with Crippen LogP contribution in [-0.2, 0) is 11.3 Å². The first kappa shape index (κ1) is 18.7. The number of nitrogens with zero attached hydrogens (tertiary/aromatic N) is 4. The Kier molecular flexibility index (Phi) is 5.47. The number of likely N-dealkylation sites (N-methyl/N-ethyl adjacent to an activating group) is 1. The number of carbonyl (C=O) groups excluding carboxylic acids is 1. The molecule has 0 bridgehead atoms. The summed E-state index contributed by atoms with van der Waals surface area (Å²) in [5.74, 6) is 2.11. The fourth-order valence-corrected chi connectivity index (χ4v) is 4.09. The van der Waals surface area contributed by atoms with Crippen molar-refractivity contribution in [2.24, 2.45) is 0 Å². The maximum absolute atomic E-state index is 13.0. The lowest BCUT2D eigenvalue weighted by Crippen LogP contribution is -2.37. The van der Waals surface area contributed by atoms with E-state index in [9.17, 15) is 4.79 Å². The van der Waals surface area contributed by atoms with Crippen LogP contribution in [0, 0.1) is 0 Å². The van der Waals surface area contributed by atoms with Crippen LogP contribution in [-0.4, -0.2) is 46.5 Å². The van der Waals surface area contributed by atoms with E-state index in [1.165, 1.54) is 19.3 Å². The molecule has 2 aliphatic rings. The van der Waals surface area contributed by atoms with Crippen molar-refractivity contribution in [1.82, 2.24) is 25.0 Å². The average molecular weight is 385 g/mol. The lowest BCUT2D eigenvalue weighted by molar-refractivity contribution is -0.126. The molecule has 2 heterocycles.